The van der Waals surface area contributed by atoms with E-state index in [1.807, 2.05) is 0 Å². The van der Waals surface area contributed by atoms with Gasteiger partial charge in [-0.1, -0.05) is 0 Å². The van der Waals surface area contributed by atoms with Crippen LogP contribution in [-0.2, 0) is 19.1 Å². The minimum absolute atomic E-state index is 0.127. The highest BCUT2D eigenvalue weighted by atomic mass is 16.5. The Bertz CT molecular complexity index is 357. The average Bonchev–Trinajstić information content (AvgIpc) is 2.31. The number of amides is 3. The van der Waals surface area contributed by atoms with Crippen LogP contribution in [0.5, 0.6) is 0 Å². The Hall–Kier alpha value is -2.32. The molecule has 0 spiro atoms. The summed E-state index contributed by atoms with van der Waals surface area (Å²) in [5.74, 6) is -2.60. The largest absolute Gasteiger partial charge is 0.480 e. The van der Waals surface area contributed by atoms with E-state index in [0.717, 1.165) is 0 Å². The lowest BCUT2D eigenvalue weighted by Gasteiger charge is -2.14. The Morgan fingerprint density at radius 1 is 1.32 bits per heavy atom. The monoisotopic (exact) mass is 275 g/mol. The van der Waals surface area contributed by atoms with E-state index in [9.17, 15) is 19.2 Å². The van der Waals surface area contributed by atoms with Crippen molar-refractivity contribution in [1.82, 2.24) is 10.6 Å². The summed E-state index contributed by atoms with van der Waals surface area (Å²) in [6, 6.07) is -2.10. The fourth-order valence-electron chi connectivity index (χ4n) is 1.12. The molecular formula is C10H17N3O6. The first-order chi connectivity index (χ1) is 8.86. The van der Waals surface area contributed by atoms with Crippen LogP contribution in [0.3, 0.4) is 0 Å². The van der Waals surface area contributed by atoms with Crippen molar-refractivity contribution in [3.63, 3.8) is 0 Å². The maximum Gasteiger partial charge on any atom is 0.326 e. The first kappa shape index (κ1) is 16.7. The lowest BCUT2D eigenvalue weighted by Crippen LogP contribution is -2.47. The number of primary amides is 1. The van der Waals surface area contributed by atoms with Gasteiger partial charge in [0, 0.05) is 6.42 Å². The Morgan fingerprint density at radius 3 is 2.42 bits per heavy atom. The molecule has 0 heterocycles. The summed E-state index contributed by atoms with van der Waals surface area (Å²) in [5.41, 5.74) is 4.88. The number of nitrogens with one attached hydrogen (secondary N) is 2. The van der Waals surface area contributed by atoms with Crippen LogP contribution in [0.4, 0.5) is 4.79 Å². The zero-order chi connectivity index (χ0) is 14.8. The minimum atomic E-state index is -1.30. The maximum atomic E-state index is 11.3. The molecule has 0 rings (SSSR count). The molecule has 1 unspecified atom stereocenters. The molecule has 0 fully saturated rings. The highest BCUT2D eigenvalue weighted by Crippen LogP contribution is 1.97. The van der Waals surface area contributed by atoms with Crippen LogP contribution in [-0.4, -0.2) is 48.2 Å². The average molecular weight is 275 g/mol. The van der Waals surface area contributed by atoms with Gasteiger partial charge in [-0.25, -0.2) is 9.59 Å². The molecule has 19 heavy (non-hydrogen) atoms. The van der Waals surface area contributed by atoms with Crippen LogP contribution in [0, 0.1) is 0 Å². The standard InChI is InChI=1S/C10H17N3O6/c1-2-19-8(15)5-12-10(18)13-6(9(16)17)3-4-7(11)14/h6H,2-5H2,1H3,(H2,11,14)(H,16,17)(H2,12,13,18). The number of carboxylic acid groups (broad SMARTS) is 1. The number of carboxylic acids is 1. The third-order valence-corrected chi connectivity index (χ3v) is 1.98. The van der Waals surface area contributed by atoms with Gasteiger partial charge in [-0.05, 0) is 13.3 Å². The smallest absolute Gasteiger partial charge is 0.326 e. The number of esters is 1. The summed E-state index contributed by atoms with van der Waals surface area (Å²) in [4.78, 5) is 43.6. The number of ether oxygens (including phenoxy) is 1. The summed E-state index contributed by atoms with van der Waals surface area (Å²) in [5, 5.41) is 13.1. The topological polar surface area (TPSA) is 148 Å². The van der Waals surface area contributed by atoms with Crippen LogP contribution in [0.2, 0.25) is 0 Å². The predicted octanol–water partition coefficient (Wildman–Crippen LogP) is -1.43. The molecule has 0 aromatic rings. The van der Waals surface area contributed by atoms with Crippen molar-refractivity contribution >= 4 is 23.9 Å². The molecule has 0 aliphatic rings. The summed E-state index contributed by atoms with van der Waals surface area (Å²) < 4.78 is 4.56. The fourth-order valence-corrected chi connectivity index (χ4v) is 1.12. The van der Waals surface area contributed by atoms with E-state index in [1.54, 1.807) is 6.92 Å². The molecule has 0 aromatic heterocycles. The summed E-state index contributed by atoms with van der Waals surface area (Å²) >= 11 is 0. The van der Waals surface area contributed by atoms with Crippen molar-refractivity contribution in [2.24, 2.45) is 5.73 Å². The van der Waals surface area contributed by atoms with Gasteiger partial charge in [0.2, 0.25) is 5.91 Å². The van der Waals surface area contributed by atoms with Gasteiger partial charge in [-0.15, -0.1) is 0 Å². The molecule has 0 aromatic carbocycles. The Kier molecular flexibility index (Phi) is 7.66. The highest BCUT2D eigenvalue weighted by Gasteiger charge is 2.20. The number of hydrogen-bond donors (Lipinski definition) is 4. The Balaban J connectivity index is 4.13. The summed E-state index contributed by atoms with van der Waals surface area (Å²) in [6.07, 6.45) is -0.299. The number of hydrogen-bond acceptors (Lipinski definition) is 5. The van der Waals surface area contributed by atoms with Crippen LogP contribution < -0.4 is 16.4 Å². The molecule has 0 bridgehead atoms. The maximum absolute atomic E-state index is 11.3. The van der Waals surface area contributed by atoms with Gasteiger partial charge in [-0.2, -0.15) is 0 Å². The zero-order valence-electron chi connectivity index (χ0n) is 10.5. The number of rotatable bonds is 8. The second-order valence-electron chi connectivity index (χ2n) is 3.53. The SMILES string of the molecule is CCOC(=O)CNC(=O)NC(CCC(N)=O)C(=O)O. The van der Waals surface area contributed by atoms with Crippen molar-refractivity contribution in [2.45, 2.75) is 25.8 Å². The molecular weight excluding hydrogens is 258 g/mol. The molecule has 0 aliphatic heterocycles. The van der Waals surface area contributed by atoms with Crippen LogP contribution in [0.15, 0.2) is 0 Å². The third-order valence-electron chi connectivity index (χ3n) is 1.98. The first-order valence-corrected chi connectivity index (χ1v) is 5.57. The van der Waals surface area contributed by atoms with E-state index in [2.05, 4.69) is 15.4 Å². The molecule has 9 nitrogen and oxygen atoms in total. The number of carbonyl (C=O) groups excluding carboxylic acids is 3. The predicted molar refractivity (Wildman–Crippen MR) is 63.0 cm³/mol. The molecule has 5 N–H and O–H groups in total. The third kappa shape index (κ3) is 8.41. The van der Waals surface area contributed by atoms with Crippen LogP contribution in [0.25, 0.3) is 0 Å². The second kappa shape index (κ2) is 8.72. The Labute approximate surface area is 109 Å². The lowest BCUT2D eigenvalue weighted by molar-refractivity contribution is -0.141. The minimum Gasteiger partial charge on any atom is -0.480 e. The lowest BCUT2D eigenvalue weighted by atomic mass is 10.1. The second-order valence-corrected chi connectivity index (χ2v) is 3.53. The first-order valence-electron chi connectivity index (χ1n) is 5.57. The van der Waals surface area contributed by atoms with Gasteiger partial charge in [-0.3, -0.25) is 9.59 Å². The Morgan fingerprint density at radius 2 is 1.95 bits per heavy atom. The van der Waals surface area contributed by atoms with E-state index < -0.39 is 29.9 Å². The zero-order valence-corrected chi connectivity index (χ0v) is 10.5. The van der Waals surface area contributed by atoms with Crippen molar-refractivity contribution in [1.29, 1.82) is 0 Å². The highest BCUT2D eigenvalue weighted by molar-refractivity contribution is 5.85. The van der Waals surface area contributed by atoms with E-state index >= 15 is 0 Å². The van der Waals surface area contributed by atoms with E-state index in [1.165, 1.54) is 0 Å². The normalized spacial score (nSPS) is 11.2. The van der Waals surface area contributed by atoms with E-state index in [4.69, 9.17) is 10.8 Å². The number of nitrogens with two attached hydrogens (primary N) is 1. The molecule has 3 amide bonds. The van der Waals surface area contributed by atoms with Gasteiger partial charge in [0.25, 0.3) is 0 Å². The number of urea groups is 1. The summed E-state index contributed by atoms with van der Waals surface area (Å²) in [6.45, 7) is 1.42. The van der Waals surface area contributed by atoms with Crippen molar-refractivity contribution < 1.29 is 29.0 Å². The van der Waals surface area contributed by atoms with Crippen molar-refractivity contribution in [2.75, 3.05) is 13.2 Å². The molecule has 0 saturated carbocycles. The van der Waals surface area contributed by atoms with Gasteiger partial charge in [0.05, 0.1) is 6.61 Å². The van der Waals surface area contributed by atoms with Gasteiger partial charge in [0.1, 0.15) is 12.6 Å². The molecule has 0 saturated heterocycles. The fraction of sp³-hybridized carbons (Fsp3) is 0.600. The molecule has 9 heteroatoms. The molecule has 108 valence electrons. The molecule has 0 aliphatic carbocycles. The van der Waals surface area contributed by atoms with Gasteiger partial charge < -0.3 is 26.2 Å². The number of carbonyl (C=O) groups is 4. The summed E-state index contributed by atoms with van der Waals surface area (Å²) in [7, 11) is 0. The molecule has 0 radical (unpaired) electrons. The van der Waals surface area contributed by atoms with Crippen molar-refractivity contribution in [3.05, 3.63) is 0 Å². The van der Waals surface area contributed by atoms with Gasteiger partial charge in [0.15, 0.2) is 0 Å². The van der Waals surface area contributed by atoms with Crippen LogP contribution >= 0.6 is 0 Å². The molecule has 1 atom stereocenters. The number of aliphatic carboxylic acids is 1. The van der Waals surface area contributed by atoms with E-state index in [0.29, 0.717) is 0 Å². The van der Waals surface area contributed by atoms with E-state index in [-0.39, 0.29) is 26.0 Å². The van der Waals surface area contributed by atoms with Gasteiger partial charge >= 0.3 is 18.0 Å². The van der Waals surface area contributed by atoms with Crippen molar-refractivity contribution in [3.8, 4) is 0 Å². The quantitative estimate of drug-likeness (QED) is 0.399. The van der Waals surface area contributed by atoms with Crippen LogP contribution in [0.1, 0.15) is 19.8 Å².